The van der Waals surface area contributed by atoms with Gasteiger partial charge in [-0.2, -0.15) is 5.10 Å². The number of rotatable bonds is 5. The molecule has 25 heavy (non-hydrogen) atoms. The predicted molar refractivity (Wildman–Crippen MR) is 92.6 cm³/mol. The van der Waals surface area contributed by atoms with E-state index in [0.29, 0.717) is 24.5 Å². The summed E-state index contributed by atoms with van der Waals surface area (Å²) in [6, 6.07) is 7.19. The van der Waals surface area contributed by atoms with Gasteiger partial charge in [-0.3, -0.25) is 14.7 Å². The van der Waals surface area contributed by atoms with E-state index in [1.807, 2.05) is 24.0 Å². The number of nitrogens with one attached hydrogen (secondary N) is 2. The van der Waals surface area contributed by atoms with Crippen molar-refractivity contribution >= 4 is 11.8 Å². The van der Waals surface area contributed by atoms with Gasteiger partial charge in [-0.25, -0.2) is 4.98 Å². The van der Waals surface area contributed by atoms with Crippen LogP contribution in [0.4, 0.5) is 0 Å². The molecule has 3 rings (SSSR count). The van der Waals surface area contributed by atoms with Crippen molar-refractivity contribution in [3.05, 3.63) is 59.7 Å². The Kier molecular flexibility index (Phi) is 4.92. The molecule has 2 amide bonds. The maximum atomic E-state index is 12.8. The van der Waals surface area contributed by atoms with E-state index in [-0.39, 0.29) is 17.9 Å². The molecule has 0 radical (unpaired) electrons. The van der Waals surface area contributed by atoms with Gasteiger partial charge in [-0.15, -0.1) is 0 Å². The van der Waals surface area contributed by atoms with Gasteiger partial charge in [0, 0.05) is 18.7 Å². The summed E-state index contributed by atoms with van der Waals surface area (Å²) in [6.07, 6.45) is 3.04. The lowest BCUT2D eigenvalue weighted by Gasteiger charge is -2.22. The molecule has 1 atom stereocenters. The largest absolute Gasteiger partial charge is 0.348 e. The van der Waals surface area contributed by atoms with Gasteiger partial charge in [0.2, 0.25) is 5.91 Å². The fourth-order valence-electron chi connectivity index (χ4n) is 2.98. The molecule has 1 aliphatic rings. The zero-order valence-electron chi connectivity index (χ0n) is 14.2. The second-order valence-electron chi connectivity index (χ2n) is 6.05. The van der Waals surface area contributed by atoms with Gasteiger partial charge in [0.25, 0.3) is 5.91 Å². The SMILES string of the molecule is C=CC(=O)NCc1ccc(C(=O)N2CCC[C@H]2c2n[nH]c(C)n2)cc1. The molecule has 0 aliphatic carbocycles. The minimum absolute atomic E-state index is 0.0216. The predicted octanol–water partition coefficient (Wildman–Crippen LogP) is 1.89. The number of aryl methyl sites for hydroxylation is 1. The number of benzene rings is 1. The monoisotopic (exact) mass is 339 g/mol. The van der Waals surface area contributed by atoms with Crippen LogP contribution in [0.2, 0.25) is 0 Å². The van der Waals surface area contributed by atoms with Crippen molar-refractivity contribution in [2.24, 2.45) is 0 Å². The Bertz CT molecular complexity index is 781. The van der Waals surface area contributed by atoms with Crippen LogP contribution in [0.25, 0.3) is 0 Å². The van der Waals surface area contributed by atoms with Crippen molar-refractivity contribution in [1.82, 2.24) is 25.4 Å². The average molecular weight is 339 g/mol. The summed E-state index contributed by atoms with van der Waals surface area (Å²) < 4.78 is 0. The average Bonchev–Trinajstić information content (AvgIpc) is 3.28. The summed E-state index contributed by atoms with van der Waals surface area (Å²) in [5, 5.41) is 9.76. The molecule has 0 saturated carbocycles. The maximum absolute atomic E-state index is 12.8. The number of nitrogens with zero attached hydrogens (tertiary/aromatic N) is 3. The number of likely N-dealkylation sites (tertiary alicyclic amines) is 1. The number of amides is 2. The van der Waals surface area contributed by atoms with E-state index in [2.05, 4.69) is 27.1 Å². The van der Waals surface area contributed by atoms with Crippen LogP contribution in [-0.2, 0) is 11.3 Å². The van der Waals surface area contributed by atoms with Crippen LogP contribution in [0, 0.1) is 6.92 Å². The molecule has 2 heterocycles. The van der Waals surface area contributed by atoms with Crippen molar-refractivity contribution in [3.8, 4) is 0 Å². The quantitative estimate of drug-likeness (QED) is 0.814. The summed E-state index contributed by atoms with van der Waals surface area (Å²) in [4.78, 5) is 30.2. The molecule has 7 heteroatoms. The Hall–Kier alpha value is -2.96. The highest BCUT2D eigenvalue weighted by Crippen LogP contribution is 2.31. The van der Waals surface area contributed by atoms with E-state index in [1.165, 1.54) is 6.08 Å². The lowest BCUT2D eigenvalue weighted by Crippen LogP contribution is -2.31. The summed E-state index contributed by atoms with van der Waals surface area (Å²) >= 11 is 0. The van der Waals surface area contributed by atoms with Crippen LogP contribution in [0.15, 0.2) is 36.9 Å². The van der Waals surface area contributed by atoms with Crippen LogP contribution >= 0.6 is 0 Å². The molecule has 2 N–H and O–H groups in total. The van der Waals surface area contributed by atoms with E-state index in [4.69, 9.17) is 0 Å². The molecule has 1 aromatic carbocycles. The zero-order chi connectivity index (χ0) is 17.8. The van der Waals surface area contributed by atoms with Crippen LogP contribution in [0.5, 0.6) is 0 Å². The van der Waals surface area contributed by atoms with Crippen LogP contribution < -0.4 is 5.32 Å². The Morgan fingerprint density at radius 3 is 2.80 bits per heavy atom. The number of hydrogen-bond acceptors (Lipinski definition) is 4. The van der Waals surface area contributed by atoms with Gasteiger partial charge >= 0.3 is 0 Å². The topological polar surface area (TPSA) is 91.0 Å². The minimum atomic E-state index is -0.221. The van der Waals surface area contributed by atoms with Gasteiger partial charge in [0.05, 0.1) is 6.04 Å². The molecule has 0 bridgehead atoms. The number of carbonyl (C=O) groups excluding carboxylic acids is 2. The number of hydrogen-bond donors (Lipinski definition) is 2. The first-order chi connectivity index (χ1) is 12.1. The third kappa shape index (κ3) is 3.76. The normalized spacial score (nSPS) is 16.7. The Labute approximate surface area is 146 Å². The van der Waals surface area contributed by atoms with Crippen LogP contribution in [0.3, 0.4) is 0 Å². The molecule has 2 aromatic rings. The molecule has 7 nitrogen and oxygen atoms in total. The lowest BCUT2D eigenvalue weighted by atomic mass is 10.1. The zero-order valence-corrected chi connectivity index (χ0v) is 14.2. The standard InChI is InChI=1S/C18H21N5O2/c1-3-16(24)19-11-13-6-8-14(9-7-13)18(25)23-10-4-5-15(23)17-20-12(2)21-22-17/h3,6-9,15H,1,4-5,10-11H2,2H3,(H,19,24)(H,20,21,22)/t15-/m0/s1. The maximum Gasteiger partial charge on any atom is 0.254 e. The van der Waals surface area contributed by atoms with Gasteiger partial charge < -0.3 is 10.2 Å². The molecule has 130 valence electrons. The molecule has 1 fully saturated rings. The number of H-pyrrole nitrogens is 1. The van der Waals surface area contributed by atoms with E-state index in [9.17, 15) is 9.59 Å². The van der Waals surface area contributed by atoms with Crippen molar-refractivity contribution in [2.75, 3.05) is 6.54 Å². The third-order valence-electron chi connectivity index (χ3n) is 4.28. The second kappa shape index (κ2) is 7.29. The third-order valence-corrected chi connectivity index (χ3v) is 4.28. The molecule has 0 spiro atoms. The lowest BCUT2D eigenvalue weighted by molar-refractivity contribution is -0.116. The van der Waals surface area contributed by atoms with E-state index >= 15 is 0 Å². The molecule has 0 unspecified atom stereocenters. The Morgan fingerprint density at radius 2 is 2.16 bits per heavy atom. The first kappa shape index (κ1) is 16.9. The molecule has 1 aromatic heterocycles. The van der Waals surface area contributed by atoms with Gasteiger partial charge in [0.1, 0.15) is 5.82 Å². The Balaban J connectivity index is 1.69. The summed E-state index contributed by atoms with van der Waals surface area (Å²) in [7, 11) is 0. The molecule has 1 saturated heterocycles. The summed E-state index contributed by atoms with van der Waals surface area (Å²) in [5.74, 6) is 1.18. The highest BCUT2D eigenvalue weighted by Gasteiger charge is 2.33. The highest BCUT2D eigenvalue weighted by molar-refractivity contribution is 5.94. The fourth-order valence-corrected chi connectivity index (χ4v) is 2.98. The van der Waals surface area contributed by atoms with E-state index in [0.717, 1.165) is 24.2 Å². The van der Waals surface area contributed by atoms with Crippen molar-refractivity contribution in [1.29, 1.82) is 0 Å². The summed E-state index contributed by atoms with van der Waals surface area (Å²) in [6.45, 7) is 6.37. The number of aromatic nitrogens is 3. The first-order valence-electron chi connectivity index (χ1n) is 8.27. The Morgan fingerprint density at radius 1 is 1.40 bits per heavy atom. The first-order valence-corrected chi connectivity index (χ1v) is 8.27. The van der Waals surface area contributed by atoms with Crippen molar-refractivity contribution in [3.63, 3.8) is 0 Å². The smallest absolute Gasteiger partial charge is 0.254 e. The fraction of sp³-hybridized carbons (Fsp3) is 0.333. The van der Waals surface area contributed by atoms with Crippen LogP contribution in [-0.4, -0.2) is 38.4 Å². The number of carbonyl (C=O) groups is 2. The molecule has 1 aliphatic heterocycles. The van der Waals surface area contributed by atoms with Crippen molar-refractivity contribution in [2.45, 2.75) is 32.4 Å². The van der Waals surface area contributed by atoms with Crippen molar-refractivity contribution < 1.29 is 9.59 Å². The molecular formula is C18H21N5O2. The summed E-state index contributed by atoms with van der Waals surface area (Å²) in [5.41, 5.74) is 1.55. The van der Waals surface area contributed by atoms with Gasteiger partial charge in [-0.1, -0.05) is 18.7 Å². The second-order valence-corrected chi connectivity index (χ2v) is 6.05. The number of aromatic amines is 1. The molecular weight excluding hydrogens is 318 g/mol. The van der Waals surface area contributed by atoms with Gasteiger partial charge in [-0.05, 0) is 43.5 Å². The van der Waals surface area contributed by atoms with E-state index in [1.54, 1.807) is 12.1 Å². The highest BCUT2D eigenvalue weighted by atomic mass is 16.2. The van der Waals surface area contributed by atoms with Gasteiger partial charge in [0.15, 0.2) is 5.82 Å². The minimum Gasteiger partial charge on any atom is -0.348 e. The van der Waals surface area contributed by atoms with E-state index < -0.39 is 0 Å². The van der Waals surface area contributed by atoms with Crippen LogP contribution in [0.1, 0.15) is 46.5 Å².